The van der Waals surface area contributed by atoms with Crippen molar-refractivity contribution in [2.45, 2.75) is 179 Å². The first kappa shape index (κ1) is 47.2. The molecule has 15 nitrogen and oxygen atoms in total. The molecule has 3 N–H and O–H groups in total. The summed E-state index contributed by atoms with van der Waals surface area (Å²) in [5.41, 5.74) is 0.195. The largest absolute Gasteiger partial charge is 0.462 e. The second kappa shape index (κ2) is 19.4. The van der Waals surface area contributed by atoms with Gasteiger partial charge in [-0.25, -0.2) is 0 Å². The predicted molar refractivity (Wildman–Crippen MR) is 226 cm³/mol. The maximum absolute atomic E-state index is 14.4. The van der Waals surface area contributed by atoms with E-state index in [1.54, 1.807) is 40.2 Å². The van der Waals surface area contributed by atoms with Gasteiger partial charge in [-0.3, -0.25) is 4.79 Å². The Morgan fingerprint density at radius 3 is 2.32 bits per heavy atom. The van der Waals surface area contributed by atoms with Crippen LogP contribution in [0.1, 0.15) is 87.5 Å². The lowest BCUT2D eigenvalue weighted by atomic mass is 9.71. The Morgan fingerprint density at radius 1 is 0.903 bits per heavy atom. The summed E-state index contributed by atoms with van der Waals surface area (Å²) in [6.07, 6.45) is 8.39. The molecule has 4 saturated heterocycles. The lowest BCUT2D eigenvalue weighted by Gasteiger charge is -2.48. The molecule has 7 aliphatic rings. The van der Waals surface area contributed by atoms with Crippen LogP contribution in [0.4, 0.5) is 0 Å². The number of oxime groups is 1. The Bertz CT molecular complexity index is 1790. The minimum absolute atomic E-state index is 0.00545. The van der Waals surface area contributed by atoms with Gasteiger partial charge in [0.05, 0.1) is 49.3 Å². The van der Waals surface area contributed by atoms with Crippen molar-refractivity contribution in [2.24, 2.45) is 28.8 Å². The Balaban J connectivity index is 1.19. The lowest BCUT2D eigenvalue weighted by molar-refractivity contribution is -0.318. The van der Waals surface area contributed by atoms with Crippen LogP contribution < -0.4 is 0 Å². The first-order valence-electron chi connectivity index (χ1n) is 22.4. The molecule has 1 spiro atoms. The second-order valence-corrected chi connectivity index (χ2v) is 18.8. The Morgan fingerprint density at radius 2 is 1.61 bits per heavy atom. The van der Waals surface area contributed by atoms with Crippen molar-refractivity contribution in [2.75, 3.05) is 20.8 Å². The minimum atomic E-state index is -1.87. The summed E-state index contributed by atoms with van der Waals surface area (Å²) in [6, 6.07) is 0. The van der Waals surface area contributed by atoms with Gasteiger partial charge in [-0.1, -0.05) is 69.3 Å². The van der Waals surface area contributed by atoms with Crippen LogP contribution in [0.25, 0.3) is 0 Å². The first-order chi connectivity index (χ1) is 29.5. The average molecular weight is 872 g/mol. The summed E-state index contributed by atoms with van der Waals surface area (Å²) in [5.74, 6) is -2.71. The molecule has 15 heteroatoms. The third kappa shape index (κ3) is 9.46. The second-order valence-electron chi connectivity index (χ2n) is 18.8. The van der Waals surface area contributed by atoms with E-state index in [4.69, 9.17) is 47.4 Å². The van der Waals surface area contributed by atoms with E-state index in [2.05, 4.69) is 45.0 Å². The molecular weight excluding hydrogens is 803 g/mol. The third-order valence-electron chi connectivity index (χ3n) is 13.9. The van der Waals surface area contributed by atoms with E-state index < -0.39 is 96.9 Å². The summed E-state index contributed by atoms with van der Waals surface area (Å²) in [7, 11) is 3.21. The molecule has 2 unspecified atom stereocenters. The highest BCUT2D eigenvalue weighted by molar-refractivity contribution is 6.06. The van der Waals surface area contributed by atoms with E-state index in [-0.39, 0.29) is 42.6 Å². The van der Waals surface area contributed by atoms with Gasteiger partial charge in [-0.15, -0.1) is 0 Å². The van der Waals surface area contributed by atoms with Crippen LogP contribution in [0.15, 0.2) is 64.4 Å². The van der Waals surface area contributed by atoms with Crippen molar-refractivity contribution < 1.29 is 67.6 Å². The standard InChI is InChI=1S/C47H69NO14/c1-24(2)41-27(5)16-17-46(62-41)22-33-19-32(61-46)15-14-26(4)42(59-38-21-36(54-10)43(30(8)57-38)60-37-20-35(53-9)40(49)29(7)56-37)25(3)12-11-13-31-23-55-44-39(48-52)28(6)18-34(45(50)58-33)47(31,44)51/h11-14,16-18,24-25,27,29-30,32-38,40-44,49,51-52H,15,19-23H2,1-10H3/b12-11+,26-14+,31-13+,48-39-/t25?,27-,29-,30-,32+,33?,34-,35-,36-,37-,38-,40-,41+,42-,43-,44+,46+,47+/m0/s1. The SMILES string of the molecule is CO[C@H]1C[C@H](O[C@H]2[C@H](C)O[C@@H](O[C@@H]3/C(C)=C/C[C@@H]4CC(C[C@]5(C=C[C@H](C)[C@@H](C(C)C)O5)O4)OC(=O)[C@@H]4C=C(C)/C(=N/O)[C@H]5OC/C(=C\C=C\C3C)[C@]54O)C[C@@H]2OC)O[C@@H](C)[C@@H]1O. The fraction of sp³-hybridized carbons (Fsp3) is 0.745. The minimum Gasteiger partial charge on any atom is -0.462 e. The monoisotopic (exact) mass is 871 g/mol. The van der Waals surface area contributed by atoms with E-state index in [1.807, 2.05) is 32.1 Å². The van der Waals surface area contributed by atoms with Crippen LogP contribution in [0.5, 0.6) is 0 Å². The number of fused-ring (bicyclic) bond motifs is 2. The molecule has 7 rings (SSSR count). The molecule has 6 heterocycles. The van der Waals surface area contributed by atoms with Crippen LogP contribution in [0.3, 0.4) is 0 Å². The van der Waals surface area contributed by atoms with Crippen LogP contribution >= 0.6 is 0 Å². The normalized spacial score (nSPS) is 48.2. The summed E-state index contributed by atoms with van der Waals surface area (Å²) in [4.78, 5) is 14.4. The number of nitrogens with zero attached hydrogens (tertiary/aromatic N) is 1. The number of carbonyl (C=O) groups is 1. The zero-order valence-electron chi connectivity index (χ0n) is 37.9. The molecule has 0 radical (unpaired) electrons. The number of allylic oxidation sites excluding steroid dienone is 2. The number of aliphatic hydroxyl groups is 2. The van der Waals surface area contributed by atoms with Gasteiger partial charge in [-0.05, 0) is 62.8 Å². The number of ether oxygens (including phenoxy) is 10. The predicted octanol–water partition coefficient (Wildman–Crippen LogP) is 5.46. The van der Waals surface area contributed by atoms with Gasteiger partial charge >= 0.3 is 5.97 Å². The molecular formula is C47H69NO14. The van der Waals surface area contributed by atoms with Crippen LogP contribution in [0, 0.1) is 23.7 Å². The molecule has 0 aromatic heterocycles. The number of hydrogen-bond acceptors (Lipinski definition) is 15. The zero-order chi connectivity index (χ0) is 44.7. The summed E-state index contributed by atoms with van der Waals surface area (Å²) in [6.45, 7) is 15.9. The van der Waals surface area contributed by atoms with Gasteiger partial charge < -0.3 is 62.8 Å². The number of hydrogen-bond donors (Lipinski definition) is 3. The van der Waals surface area contributed by atoms with Crippen LogP contribution in [0.2, 0.25) is 0 Å². The molecule has 1 aliphatic carbocycles. The number of esters is 1. The molecule has 346 valence electrons. The highest BCUT2D eigenvalue weighted by atomic mass is 16.7. The van der Waals surface area contributed by atoms with Crippen molar-refractivity contribution >= 4 is 11.7 Å². The first-order valence-corrected chi connectivity index (χ1v) is 22.4. The van der Waals surface area contributed by atoms with Gasteiger partial charge in [0.25, 0.3) is 0 Å². The Kier molecular flexibility index (Phi) is 14.7. The van der Waals surface area contributed by atoms with Crippen molar-refractivity contribution in [3.8, 4) is 0 Å². The molecule has 0 amide bonds. The summed E-state index contributed by atoms with van der Waals surface area (Å²) >= 11 is 0. The van der Waals surface area contributed by atoms with E-state index in [9.17, 15) is 20.2 Å². The molecule has 62 heavy (non-hydrogen) atoms. The van der Waals surface area contributed by atoms with Gasteiger partial charge in [0.15, 0.2) is 18.4 Å². The zero-order valence-corrected chi connectivity index (χ0v) is 37.9. The molecule has 0 saturated carbocycles. The molecule has 0 aromatic carbocycles. The topological polar surface area (TPSA) is 182 Å². The summed E-state index contributed by atoms with van der Waals surface area (Å²) < 4.78 is 63.5. The van der Waals surface area contributed by atoms with Gasteiger partial charge in [0.2, 0.25) is 0 Å². The molecule has 0 aromatic rings. The lowest BCUT2D eigenvalue weighted by Crippen LogP contribution is -2.57. The van der Waals surface area contributed by atoms with E-state index in [0.717, 1.165) is 5.57 Å². The number of carbonyl (C=O) groups excluding carboxylic acids is 1. The molecule has 18 atom stereocenters. The van der Waals surface area contributed by atoms with E-state index >= 15 is 0 Å². The van der Waals surface area contributed by atoms with Crippen molar-refractivity contribution in [3.63, 3.8) is 0 Å². The van der Waals surface area contributed by atoms with Gasteiger partial charge in [-0.2, -0.15) is 0 Å². The van der Waals surface area contributed by atoms with E-state index in [1.165, 1.54) is 0 Å². The smallest absolute Gasteiger partial charge is 0.316 e. The highest BCUT2D eigenvalue weighted by Gasteiger charge is 2.60. The van der Waals surface area contributed by atoms with Crippen LogP contribution in [-0.2, 0) is 52.2 Å². The maximum Gasteiger partial charge on any atom is 0.316 e. The fourth-order valence-electron chi connectivity index (χ4n) is 10.4. The maximum atomic E-state index is 14.4. The van der Waals surface area contributed by atoms with E-state index in [0.29, 0.717) is 36.8 Å². The number of methoxy groups -OCH3 is 2. The Hall–Kier alpha value is -2.80. The third-order valence-corrected chi connectivity index (χ3v) is 13.9. The van der Waals surface area contributed by atoms with Gasteiger partial charge in [0.1, 0.15) is 41.6 Å². The molecule has 4 fully saturated rings. The molecule has 6 aliphatic heterocycles. The highest BCUT2D eigenvalue weighted by Crippen LogP contribution is 2.46. The summed E-state index contributed by atoms with van der Waals surface area (Å²) in [5, 5.41) is 36.6. The van der Waals surface area contributed by atoms with Crippen molar-refractivity contribution in [3.05, 3.63) is 59.3 Å². The number of aliphatic hydroxyl groups excluding tert-OH is 1. The quantitative estimate of drug-likeness (QED) is 0.127. The van der Waals surface area contributed by atoms with Crippen LogP contribution in [-0.4, -0.2) is 139 Å². The molecule has 2 bridgehead atoms. The fourth-order valence-corrected chi connectivity index (χ4v) is 10.4. The van der Waals surface area contributed by atoms with Crippen molar-refractivity contribution in [1.29, 1.82) is 0 Å². The van der Waals surface area contributed by atoms with Crippen molar-refractivity contribution in [1.82, 2.24) is 0 Å². The Labute approximate surface area is 366 Å². The van der Waals surface area contributed by atoms with Gasteiger partial charge in [0, 0.05) is 51.7 Å². The average Bonchev–Trinajstić information content (AvgIpc) is 3.56. The number of rotatable bonds is 7.